The number of nitrogens with one attached hydrogen (secondary N) is 1. The lowest BCUT2D eigenvalue weighted by atomic mass is 10.3. The molecular weight excluding hydrogens is 216 g/mol. The van der Waals surface area contributed by atoms with Crippen LogP contribution in [0.5, 0.6) is 0 Å². The maximum atomic E-state index is 4.64. The summed E-state index contributed by atoms with van der Waals surface area (Å²) < 4.78 is 1.80. The summed E-state index contributed by atoms with van der Waals surface area (Å²) in [5, 5.41) is 11.4. The van der Waals surface area contributed by atoms with Gasteiger partial charge in [0.2, 0.25) is 0 Å². The number of rotatable bonds is 1. The quantitative estimate of drug-likeness (QED) is 0.763. The van der Waals surface area contributed by atoms with E-state index in [2.05, 4.69) is 25.5 Å². The predicted molar refractivity (Wildman–Crippen MR) is 65.2 cm³/mol. The molecule has 6 heteroatoms. The molecule has 1 aliphatic rings. The van der Waals surface area contributed by atoms with Crippen molar-refractivity contribution in [3.63, 3.8) is 0 Å². The fourth-order valence-corrected chi connectivity index (χ4v) is 2.22. The Morgan fingerprint density at radius 3 is 3.18 bits per heavy atom. The first kappa shape index (κ1) is 10.5. The number of anilines is 1. The third kappa shape index (κ3) is 1.95. The van der Waals surface area contributed by atoms with Crippen molar-refractivity contribution >= 4 is 11.3 Å². The highest BCUT2D eigenvalue weighted by molar-refractivity contribution is 5.67. The number of aryl methyl sites for hydroxylation is 1. The van der Waals surface area contributed by atoms with Crippen molar-refractivity contribution in [2.24, 2.45) is 0 Å². The second-order valence-corrected chi connectivity index (χ2v) is 4.36. The van der Waals surface area contributed by atoms with Gasteiger partial charge >= 0.3 is 0 Å². The van der Waals surface area contributed by atoms with E-state index in [1.165, 1.54) is 0 Å². The molecule has 1 saturated heterocycles. The summed E-state index contributed by atoms with van der Waals surface area (Å²) in [6.07, 6.45) is 4.82. The third-order valence-corrected chi connectivity index (χ3v) is 3.03. The Balaban J connectivity index is 2.05. The molecule has 0 aromatic carbocycles. The van der Waals surface area contributed by atoms with Crippen LogP contribution in [0.4, 0.5) is 5.82 Å². The summed E-state index contributed by atoms with van der Waals surface area (Å²) in [7, 11) is 0. The molecule has 90 valence electrons. The van der Waals surface area contributed by atoms with Gasteiger partial charge < -0.3 is 10.2 Å². The van der Waals surface area contributed by atoms with Crippen molar-refractivity contribution in [2.75, 3.05) is 31.1 Å². The first-order valence-corrected chi connectivity index (χ1v) is 5.98. The van der Waals surface area contributed by atoms with Crippen molar-refractivity contribution in [2.45, 2.75) is 13.3 Å². The molecule has 3 heterocycles. The van der Waals surface area contributed by atoms with E-state index in [1.54, 1.807) is 10.7 Å². The van der Waals surface area contributed by atoms with Crippen LogP contribution in [0.3, 0.4) is 0 Å². The molecule has 0 amide bonds. The summed E-state index contributed by atoms with van der Waals surface area (Å²) in [5.74, 6) is 0.999. The van der Waals surface area contributed by atoms with Gasteiger partial charge in [0.05, 0.1) is 18.1 Å². The smallest absolute Gasteiger partial charge is 0.156 e. The maximum Gasteiger partial charge on any atom is 0.156 e. The van der Waals surface area contributed by atoms with E-state index in [9.17, 15) is 0 Å². The zero-order valence-electron chi connectivity index (χ0n) is 9.93. The second kappa shape index (κ2) is 4.29. The number of hydrogen-bond acceptors (Lipinski definition) is 5. The first-order valence-electron chi connectivity index (χ1n) is 5.98. The molecule has 0 spiro atoms. The maximum absolute atomic E-state index is 4.64. The summed E-state index contributed by atoms with van der Waals surface area (Å²) >= 11 is 0. The van der Waals surface area contributed by atoms with E-state index in [1.807, 2.05) is 13.1 Å². The Morgan fingerprint density at radius 1 is 1.29 bits per heavy atom. The van der Waals surface area contributed by atoms with Crippen LogP contribution in [0.1, 0.15) is 12.1 Å². The van der Waals surface area contributed by atoms with Crippen LogP contribution in [0, 0.1) is 6.92 Å². The van der Waals surface area contributed by atoms with Gasteiger partial charge in [-0.1, -0.05) is 5.21 Å². The van der Waals surface area contributed by atoms with Gasteiger partial charge in [-0.05, 0) is 19.9 Å². The van der Waals surface area contributed by atoms with Gasteiger partial charge in [-0.15, -0.1) is 5.10 Å². The lowest BCUT2D eigenvalue weighted by molar-refractivity contribution is 0.724. The molecule has 0 aliphatic carbocycles. The van der Waals surface area contributed by atoms with E-state index in [-0.39, 0.29) is 0 Å². The van der Waals surface area contributed by atoms with Crippen LogP contribution in [-0.2, 0) is 0 Å². The Bertz CT molecular complexity index is 512. The Hall–Kier alpha value is -1.69. The zero-order chi connectivity index (χ0) is 11.7. The lowest BCUT2D eigenvalue weighted by Gasteiger charge is -2.21. The van der Waals surface area contributed by atoms with Gasteiger partial charge in [0.15, 0.2) is 5.82 Å². The summed E-state index contributed by atoms with van der Waals surface area (Å²) in [6.45, 7) is 6.09. The monoisotopic (exact) mass is 232 g/mol. The van der Waals surface area contributed by atoms with Gasteiger partial charge in [0.25, 0.3) is 0 Å². The van der Waals surface area contributed by atoms with E-state index < -0.39 is 0 Å². The molecule has 1 N–H and O–H groups in total. The highest BCUT2D eigenvalue weighted by Gasteiger charge is 2.15. The molecule has 6 nitrogen and oxygen atoms in total. The van der Waals surface area contributed by atoms with Gasteiger partial charge in [0, 0.05) is 19.6 Å². The highest BCUT2D eigenvalue weighted by atomic mass is 15.4. The number of fused-ring (bicyclic) bond motifs is 1. The molecule has 0 unspecified atom stereocenters. The Labute approximate surface area is 99.6 Å². The normalized spacial score (nSPS) is 17.4. The minimum atomic E-state index is 0.968. The molecule has 2 aromatic heterocycles. The molecule has 2 aromatic rings. The van der Waals surface area contributed by atoms with Crippen molar-refractivity contribution in [3.8, 4) is 0 Å². The van der Waals surface area contributed by atoms with E-state index in [0.29, 0.717) is 0 Å². The summed E-state index contributed by atoms with van der Waals surface area (Å²) in [5.41, 5.74) is 1.95. The molecular formula is C11H16N6. The SMILES string of the molecule is Cc1cn2nncc2c(N2CCCNCC2)n1. The third-order valence-electron chi connectivity index (χ3n) is 3.03. The van der Waals surface area contributed by atoms with E-state index in [4.69, 9.17) is 0 Å². The van der Waals surface area contributed by atoms with Gasteiger partial charge in [-0.25, -0.2) is 9.50 Å². The molecule has 0 saturated carbocycles. The van der Waals surface area contributed by atoms with Crippen LogP contribution in [0.15, 0.2) is 12.4 Å². The molecule has 17 heavy (non-hydrogen) atoms. The van der Waals surface area contributed by atoms with Crippen molar-refractivity contribution < 1.29 is 0 Å². The van der Waals surface area contributed by atoms with Crippen LogP contribution in [0.25, 0.3) is 5.52 Å². The second-order valence-electron chi connectivity index (χ2n) is 4.36. The van der Waals surface area contributed by atoms with Crippen molar-refractivity contribution in [1.29, 1.82) is 0 Å². The zero-order valence-corrected chi connectivity index (χ0v) is 9.93. The molecule has 3 rings (SSSR count). The average Bonchev–Trinajstić information content (AvgIpc) is 2.62. The standard InChI is InChI=1S/C11H16N6/c1-9-8-17-10(7-13-15-17)11(14-9)16-5-2-3-12-4-6-16/h7-8,12H,2-6H2,1H3. The van der Waals surface area contributed by atoms with Crippen molar-refractivity contribution in [3.05, 3.63) is 18.1 Å². The summed E-state index contributed by atoms with van der Waals surface area (Å²) in [6, 6.07) is 0. The Kier molecular flexibility index (Phi) is 2.64. The van der Waals surface area contributed by atoms with Crippen LogP contribution in [-0.4, -0.2) is 46.0 Å². The van der Waals surface area contributed by atoms with Crippen molar-refractivity contribution in [1.82, 2.24) is 25.1 Å². The minimum Gasteiger partial charge on any atom is -0.353 e. The molecule has 0 radical (unpaired) electrons. The number of hydrogen-bond donors (Lipinski definition) is 1. The highest BCUT2D eigenvalue weighted by Crippen LogP contribution is 2.19. The van der Waals surface area contributed by atoms with Crippen LogP contribution < -0.4 is 10.2 Å². The lowest BCUT2D eigenvalue weighted by Crippen LogP contribution is -2.29. The first-order chi connectivity index (χ1) is 8.34. The van der Waals surface area contributed by atoms with Gasteiger partial charge in [-0.3, -0.25) is 0 Å². The molecule has 0 atom stereocenters. The molecule has 1 fully saturated rings. The van der Waals surface area contributed by atoms with Gasteiger partial charge in [0.1, 0.15) is 5.52 Å². The summed E-state index contributed by atoms with van der Waals surface area (Å²) in [4.78, 5) is 6.95. The average molecular weight is 232 g/mol. The number of nitrogens with zero attached hydrogens (tertiary/aromatic N) is 5. The molecule has 0 bridgehead atoms. The minimum absolute atomic E-state index is 0.968. The molecule has 1 aliphatic heterocycles. The Morgan fingerprint density at radius 2 is 2.24 bits per heavy atom. The van der Waals surface area contributed by atoms with Gasteiger partial charge in [-0.2, -0.15) is 0 Å². The van der Waals surface area contributed by atoms with Crippen LogP contribution >= 0.6 is 0 Å². The van der Waals surface area contributed by atoms with E-state index in [0.717, 1.165) is 49.6 Å². The largest absolute Gasteiger partial charge is 0.353 e. The van der Waals surface area contributed by atoms with E-state index >= 15 is 0 Å². The number of aromatic nitrogens is 4. The fourth-order valence-electron chi connectivity index (χ4n) is 2.22. The predicted octanol–water partition coefficient (Wildman–Crippen LogP) is 0.232. The van der Waals surface area contributed by atoms with Crippen LogP contribution in [0.2, 0.25) is 0 Å². The topological polar surface area (TPSA) is 58.4 Å². The fraction of sp³-hybridized carbons (Fsp3) is 0.545.